The quantitative estimate of drug-likeness (QED) is 0.505. The van der Waals surface area contributed by atoms with Crippen molar-refractivity contribution < 1.29 is 13.5 Å². The Kier molecular flexibility index (Phi) is 4.85. The minimum atomic E-state index is -2.94. The minimum Gasteiger partial charge on any atom is -0.370 e. The highest BCUT2D eigenvalue weighted by Gasteiger charge is 2.41. The van der Waals surface area contributed by atoms with Crippen LogP contribution in [0.4, 0.5) is 14.7 Å². The van der Waals surface area contributed by atoms with Crippen LogP contribution in [0.1, 0.15) is 6.42 Å². The lowest BCUT2D eigenvalue weighted by Gasteiger charge is -2.12. The van der Waals surface area contributed by atoms with Gasteiger partial charge in [-0.25, -0.2) is 27.6 Å². The van der Waals surface area contributed by atoms with Crippen molar-refractivity contribution in [1.82, 2.24) is 23.7 Å². The lowest BCUT2D eigenvalue weighted by molar-refractivity contribution is -0.0107. The van der Waals surface area contributed by atoms with Crippen LogP contribution in [0.2, 0.25) is 0 Å². The zero-order valence-corrected chi connectivity index (χ0v) is 17.6. The molecule has 1 atom stereocenters. The predicted molar refractivity (Wildman–Crippen MR) is 117 cm³/mol. The van der Waals surface area contributed by atoms with Gasteiger partial charge >= 0.3 is 5.69 Å². The van der Waals surface area contributed by atoms with Crippen molar-refractivity contribution in [3.05, 3.63) is 69.5 Å². The fourth-order valence-electron chi connectivity index (χ4n) is 4.03. The second-order valence-corrected chi connectivity index (χ2v) is 8.04. The first-order valence-electron chi connectivity index (χ1n) is 10.2. The molecule has 170 valence electrons. The maximum absolute atomic E-state index is 13.6. The molecular weight excluding hydrogens is 434 g/mol. The molecule has 1 aliphatic rings. The lowest BCUT2D eigenvalue weighted by Crippen LogP contribution is -2.28. The topological polar surface area (TPSA) is 109 Å². The van der Waals surface area contributed by atoms with Gasteiger partial charge in [0.05, 0.1) is 23.9 Å². The molecular formula is C22H20F2N6O3. The highest BCUT2D eigenvalue weighted by molar-refractivity contribution is 5.90. The Balaban J connectivity index is 1.75. The maximum Gasteiger partial charge on any atom is 0.353 e. The molecule has 1 fully saturated rings. The van der Waals surface area contributed by atoms with E-state index in [0.717, 1.165) is 14.6 Å². The largest absolute Gasteiger partial charge is 0.370 e. The van der Waals surface area contributed by atoms with E-state index in [1.54, 1.807) is 19.3 Å². The van der Waals surface area contributed by atoms with E-state index in [1.165, 1.54) is 10.6 Å². The third-order valence-corrected chi connectivity index (χ3v) is 5.61. The van der Waals surface area contributed by atoms with Crippen LogP contribution >= 0.6 is 0 Å². The molecule has 0 radical (unpaired) electrons. The first-order chi connectivity index (χ1) is 15.7. The molecule has 2 N–H and O–H groups in total. The first-order valence-corrected chi connectivity index (χ1v) is 10.2. The Morgan fingerprint density at radius 1 is 1.15 bits per heavy atom. The number of aromatic nitrogens is 5. The summed E-state index contributed by atoms with van der Waals surface area (Å²) in [6.45, 7) is -0.839. The number of hydrogen-bond acceptors (Lipinski definition) is 6. The molecule has 1 saturated heterocycles. The summed E-state index contributed by atoms with van der Waals surface area (Å²) in [5.74, 6) is -3.03. The van der Waals surface area contributed by atoms with Crippen LogP contribution in [-0.2, 0) is 18.3 Å². The van der Waals surface area contributed by atoms with Crippen molar-refractivity contribution in [2.45, 2.75) is 25.0 Å². The molecule has 1 aromatic carbocycles. The normalized spacial score (nSPS) is 17.6. The lowest BCUT2D eigenvalue weighted by atomic mass is 10.0. The molecule has 0 spiro atoms. The van der Waals surface area contributed by atoms with Gasteiger partial charge < -0.3 is 15.0 Å². The number of benzene rings is 1. The molecule has 4 heterocycles. The number of hydrogen-bond donors (Lipinski definition) is 1. The number of nitrogen functional groups attached to an aromatic ring is 1. The number of anilines is 1. The molecule has 3 aromatic heterocycles. The molecule has 0 saturated carbocycles. The maximum atomic E-state index is 13.6. The van der Waals surface area contributed by atoms with Crippen molar-refractivity contribution in [2.24, 2.45) is 7.05 Å². The molecule has 11 heteroatoms. The van der Waals surface area contributed by atoms with E-state index in [4.69, 9.17) is 10.5 Å². The number of rotatable bonds is 4. The monoisotopic (exact) mass is 454 g/mol. The van der Waals surface area contributed by atoms with Gasteiger partial charge in [-0.1, -0.05) is 30.3 Å². The molecule has 1 aliphatic heterocycles. The number of pyridine rings is 1. The Labute approximate surface area is 185 Å². The Hall–Kier alpha value is -3.86. The molecule has 9 nitrogen and oxygen atoms in total. The summed E-state index contributed by atoms with van der Waals surface area (Å²) in [6.07, 6.45) is 0.266. The fraction of sp³-hybridized carbons (Fsp3) is 0.273. The number of alkyl halides is 2. The second-order valence-electron chi connectivity index (χ2n) is 8.04. The highest BCUT2D eigenvalue weighted by atomic mass is 19.3. The Morgan fingerprint density at radius 2 is 1.91 bits per heavy atom. The van der Waals surface area contributed by atoms with E-state index in [1.807, 2.05) is 30.3 Å². The van der Waals surface area contributed by atoms with Crippen LogP contribution in [0.15, 0.2) is 58.3 Å². The van der Waals surface area contributed by atoms with Gasteiger partial charge in [0.25, 0.3) is 5.92 Å². The fourth-order valence-corrected chi connectivity index (χ4v) is 4.03. The zero-order chi connectivity index (χ0) is 23.3. The van der Waals surface area contributed by atoms with Crippen LogP contribution in [-0.4, -0.2) is 42.4 Å². The van der Waals surface area contributed by atoms with E-state index in [0.29, 0.717) is 16.8 Å². The van der Waals surface area contributed by atoms with Gasteiger partial charge in [0.1, 0.15) is 6.61 Å². The molecule has 5 rings (SSSR count). The van der Waals surface area contributed by atoms with Gasteiger partial charge in [0.2, 0.25) is 11.5 Å². The summed E-state index contributed by atoms with van der Waals surface area (Å²) in [7, 11) is 1.61. The summed E-state index contributed by atoms with van der Waals surface area (Å²) < 4.78 is 35.9. The van der Waals surface area contributed by atoms with Gasteiger partial charge in [-0.2, -0.15) is 0 Å². The van der Waals surface area contributed by atoms with Crippen LogP contribution in [0.25, 0.3) is 28.0 Å². The van der Waals surface area contributed by atoms with E-state index in [2.05, 4.69) is 10.1 Å². The molecule has 0 amide bonds. The van der Waals surface area contributed by atoms with Crippen molar-refractivity contribution in [2.75, 3.05) is 12.3 Å². The third kappa shape index (κ3) is 3.69. The Morgan fingerprint density at radius 3 is 2.58 bits per heavy atom. The molecule has 0 aliphatic carbocycles. The SMILES string of the molecule is Cn1cc(-c2c(-c3ccccc3)nc(N)n3c(=O)n(C[C@@H]4CC(F)(F)CO4)nc23)ccc1=O. The van der Waals surface area contributed by atoms with Crippen LogP contribution in [0.3, 0.4) is 0 Å². The number of aryl methyl sites for hydroxylation is 1. The van der Waals surface area contributed by atoms with Gasteiger partial charge in [-0.05, 0) is 6.07 Å². The summed E-state index contributed by atoms with van der Waals surface area (Å²) in [5.41, 5.74) is 7.82. The van der Waals surface area contributed by atoms with Gasteiger partial charge in [0, 0.05) is 36.9 Å². The minimum absolute atomic E-state index is 0.0913. The van der Waals surface area contributed by atoms with E-state index < -0.39 is 30.7 Å². The number of halogens is 2. The molecule has 33 heavy (non-hydrogen) atoms. The van der Waals surface area contributed by atoms with Crippen LogP contribution in [0.5, 0.6) is 0 Å². The predicted octanol–water partition coefficient (Wildman–Crippen LogP) is 1.93. The Bertz CT molecular complexity index is 1480. The van der Waals surface area contributed by atoms with Crippen LogP contribution in [0, 0.1) is 0 Å². The standard InChI is InChI=1S/C22H20F2N6O3/c1-28-10-14(7-8-16(28)31)17-18(13-5-3-2-4-6-13)26-20(25)30-19(17)27-29(21(30)32)11-15-9-22(23,24)12-33-15/h2-8,10,15H,9,11-12H2,1H3,(H2,25,26)/t15-/m0/s1. The van der Waals surface area contributed by atoms with Gasteiger partial charge in [-0.3, -0.25) is 4.79 Å². The molecule has 0 unspecified atom stereocenters. The first kappa shape index (κ1) is 21.0. The highest BCUT2D eigenvalue weighted by Crippen LogP contribution is 2.34. The van der Waals surface area contributed by atoms with E-state index >= 15 is 0 Å². The number of fused-ring (bicyclic) bond motifs is 1. The zero-order valence-electron chi connectivity index (χ0n) is 17.6. The summed E-state index contributed by atoms with van der Waals surface area (Å²) in [6, 6.07) is 12.2. The summed E-state index contributed by atoms with van der Waals surface area (Å²) in [4.78, 5) is 29.5. The van der Waals surface area contributed by atoms with E-state index in [-0.39, 0.29) is 23.7 Å². The number of ether oxygens (including phenoxy) is 1. The van der Waals surface area contributed by atoms with Crippen molar-refractivity contribution >= 4 is 11.6 Å². The number of nitrogens with two attached hydrogens (primary N) is 1. The van der Waals surface area contributed by atoms with Crippen LogP contribution < -0.4 is 17.0 Å². The summed E-state index contributed by atoms with van der Waals surface area (Å²) in [5, 5.41) is 4.43. The van der Waals surface area contributed by atoms with Crippen molar-refractivity contribution in [1.29, 1.82) is 0 Å². The summed E-state index contributed by atoms with van der Waals surface area (Å²) >= 11 is 0. The van der Waals surface area contributed by atoms with Crippen molar-refractivity contribution in [3.63, 3.8) is 0 Å². The third-order valence-electron chi connectivity index (χ3n) is 5.61. The number of nitrogens with zero attached hydrogens (tertiary/aromatic N) is 5. The van der Waals surface area contributed by atoms with Gasteiger partial charge in [0.15, 0.2) is 5.65 Å². The van der Waals surface area contributed by atoms with E-state index in [9.17, 15) is 18.4 Å². The smallest absolute Gasteiger partial charge is 0.353 e. The second kappa shape index (κ2) is 7.62. The molecule has 0 bridgehead atoms. The average molecular weight is 454 g/mol. The van der Waals surface area contributed by atoms with Gasteiger partial charge in [-0.15, -0.1) is 5.10 Å². The van der Waals surface area contributed by atoms with Crippen molar-refractivity contribution in [3.8, 4) is 22.4 Å². The average Bonchev–Trinajstić information content (AvgIpc) is 3.29. The molecule has 4 aromatic rings.